The van der Waals surface area contributed by atoms with Crippen LogP contribution >= 0.6 is 12.4 Å². The molecule has 136 valence electrons. The molecule has 1 aliphatic heterocycles. The van der Waals surface area contributed by atoms with Crippen molar-refractivity contribution in [3.05, 3.63) is 46.8 Å². The van der Waals surface area contributed by atoms with Crippen molar-refractivity contribution in [3.63, 3.8) is 0 Å². The molecule has 5 rings (SSSR count). The molecular formula is C17H15ClN8O. The Hall–Kier alpha value is -3.22. The van der Waals surface area contributed by atoms with Crippen molar-refractivity contribution in [2.24, 2.45) is 0 Å². The largest absolute Gasteiger partial charge is 0.328 e. The molecule has 0 amide bonds. The molecule has 0 bridgehead atoms. The highest BCUT2D eigenvalue weighted by Crippen LogP contribution is 2.24. The van der Waals surface area contributed by atoms with Crippen molar-refractivity contribution >= 4 is 29.1 Å². The van der Waals surface area contributed by atoms with Gasteiger partial charge in [-0.05, 0) is 25.1 Å². The Labute approximate surface area is 159 Å². The highest BCUT2D eigenvalue weighted by molar-refractivity contribution is 5.85. The lowest BCUT2D eigenvalue weighted by Crippen LogP contribution is -2.24. The third-order valence-electron chi connectivity index (χ3n) is 4.75. The van der Waals surface area contributed by atoms with E-state index in [0.29, 0.717) is 28.1 Å². The van der Waals surface area contributed by atoms with Gasteiger partial charge in [-0.15, -0.1) is 12.4 Å². The smallest absolute Gasteiger partial charge is 0.315 e. The van der Waals surface area contributed by atoms with Gasteiger partial charge < -0.3 is 10.3 Å². The molecular weight excluding hydrogens is 368 g/mol. The Balaban J connectivity index is 0.00000180. The normalized spacial score (nSPS) is 16.5. The highest BCUT2D eigenvalue weighted by atomic mass is 35.5. The second-order valence-electron chi connectivity index (χ2n) is 6.29. The van der Waals surface area contributed by atoms with Gasteiger partial charge in [0.25, 0.3) is 0 Å². The first-order valence-electron chi connectivity index (χ1n) is 8.30. The number of H-pyrrole nitrogens is 1. The van der Waals surface area contributed by atoms with Gasteiger partial charge in [-0.3, -0.25) is 4.57 Å². The maximum Gasteiger partial charge on any atom is 0.328 e. The van der Waals surface area contributed by atoms with Crippen molar-refractivity contribution in [3.8, 4) is 17.5 Å². The minimum atomic E-state index is -0.174. The van der Waals surface area contributed by atoms with Gasteiger partial charge in [0.15, 0.2) is 11.5 Å². The predicted molar refractivity (Wildman–Crippen MR) is 101 cm³/mol. The van der Waals surface area contributed by atoms with Gasteiger partial charge in [-0.2, -0.15) is 10.4 Å². The third-order valence-corrected chi connectivity index (χ3v) is 4.75. The number of pyridine rings is 1. The maximum atomic E-state index is 12.4. The van der Waals surface area contributed by atoms with Crippen LogP contribution in [0.2, 0.25) is 0 Å². The lowest BCUT2D eigenvalue weighted by molar-refractivity contribution is 0.542. The van der Waals surface area contributed by atoms with Gasteiger partial charge in [0.2, 0.25) is 0 Å². The zero-order valence-corrected chi connectivity index (χ0v) is 14.9. The van der Waals surface area contributed by atoms with Gasteiger partial charge in [-0.25, -0.2) is 19.3 Å². The zero-order valence-electron chi connectivity index (χ0n) is 14.1. The van der Waals surface area contributed by atoms with E-state index < -0.39 is 0 Å². The van der Waals surface area contributed by atoms with Crippen LogP contribution in [0.15, 0.2) is 35.5 Å². The van der Waals surface area contributed by atoms with Crippen molar-refractivity contribution in [2.75, 3.05) is 13.1 Å². The minimum Gasteiger partial charge on any atom is -0.315 e. The van der Waals surface area contributed by atoms with Crippen molar-refractivity contribution in [1.29, 1.82) is 5.26 Å². The summed E-state index contributed by atoms with van der Waals surface area (Å²) < 4.78 is 3.38. The summed E-state index contributed by atoms with van der Waals surface area (Å²) in [4.78, 5) is 24.2. The summed E-state index contributed by atoms with van der Waals surface area (Å²) >= 11 is 0. The molecule has 4 aromatic rings. The van der Waals surface area contributed by atoms with Crippen LogP contribution in [0.25, 0.3) is 28.1 Å². The Kier molecular flexibility index (Phi) is 4.14. The van der Waals surface area contributed by atoms with Crippen molar-refractivity contribution < 1.29 is 0 Å². The van der Waals surface area contributed by atoms with E-state index in [4.69, 9.17) is 5.26 Å². The lowest BCUT2D eigenvalue weighted by Gasteiger charge is -2.09. The number of nitrogens with one attached hydrogen (secondary N) is 2. The Morgan fingerprint density at radius 2 is 2.22 bits per heavy atom. The summed E-state index contributed by atoms with van der Waals surface area (Å²) in [6.07, 6.45) is 5.90. The summed E-state index contributed by atoms with van der Waals surface area (Å²) in [6.45, 7) is 1.63. The number of nitrogens with zero attached hydrogens (tertiary/aromatic N) is 6. The van der Waals surface area contributed by atoms with E-state index in [9.17, 15) is 4.79 Å². The molecule has 0 aromatic carbocycles. The zero-order chi connectivity index (χ0) is 17.7. The Morgan fingerprint density at radius 1 is 1.33 bits per heavy atom. The maximum absolute atomic E-state index is 12.4. The molecule has 9 nitrogen and oxygen atoms in total. The summed E-state index contributed by atoms with van der Waals surface area (Å²) in [6, 6.07) is 5.65. The van der Waals surface area contributed by atoms with Crippen LogP contribution in [0, 0.1) is 11.3 Å². The summed E-state index contributed by atoms with van der Waals surface area (Å²) in [5, 5.41) is 16.7. The predicted octanol–water partition coefficient (Wildman–Crippen LogP) is 1.26. The Morgan fingerprint density at radius 3 is 3.00 bits per heavy atom. The number of hydrogen-bond acceptors (Lipinski definition) is 6. The van der Waals surface area contributed by atoms with E-state index in [2.05, 4.69) is 31.4 Å². The number of halogens is 1. The number of nitriles is 1. The van der Waals surface area contributed by atoms with Gasteiger partial charge in [-0.1, -0.05) is 0 Å². The standard InChI is InChI=1S/C17H14N8O.ClH/c18-6-10-2-4-24-14(5-10)12(8-21-24)15-20-9-13-16(23-15)25(17(26)22-13)11-1-3-19-7-11;/h2,4-5,8-9,11,19H,1,3,7H2,(H,22,26);1H/t11-;/m1./s1. The first-order valence-corrected chi connectivity index (χ1v) is 8.30. The fourth-order valence-corrected chi connectivity index (χ4v) is 3.47. The number of hydrogen-bond donors (Lipinski definition) is 2. The topological polar surface area (TPSA) is 117 Å². The van der Waals surface area contributed by atoms with E-state index in [1.165, 1.54) is 0 Å². The first-order chi connectivity index (χ1) is 12.7. The van der Waals surface area contributed by atoms with E-state index in [1.807, 2.05) is 0 Å². The molecule has 4 aromatic heterocycles. The molecule has 1 aliphatic rings. The fourth-order valence-electron chi connectivity index (χ4n) is 3.47. The second kappa shape index (κ2) is 6.50. The third kappa shape index (κ3) is 2.66. The Bertz CT molecular complexity index is 1240. The molecule has 5 heterocycles. The monoisotopic (exact) mass is 382 g/mol. The number of aromatic nitrogens is 6. The number of rotatable bonds is 2. The SMILES string of the molecule is Cl.N#Cc1ccn2ncc(-c3ncc4[nH]c(=O)n([C@@H]5CCNC5)c4n3)c2c1. The molecule has 1 fully saturated rings. The van der Waals surface area contributed by atoms with E-state index >= 15 is 0 Å². The van der Waals surface area contributed by atoms with Gasteiger partial charge >= 0.3 is 5.69 Å². The first kappa shape index (κ1) is 17.2. The molecule has 27 heavy (non-hydrogen) atoms. The molecule has 0 saturated carbocycles. The van der Waals surface area contributed by atoms with Gasteiger partial charge in [0.1, 0.15) is 5.52 Å². The summed E-state index contributed by atoms with van der Waals surface area (Å²) in [5.41, 5.74) is 3.02. The molecule has 0 aliphatic carbocycles. The molecule has 1 atom stereocenters. The number of aromatic amines is 1. The fraction of sp³-hybridized carbons (Fsp3) is 0.235. The highest BCUT2D eigenvalue weighted by Gasteiger charge is 2.22. The van der Waals surface area contributed by atoms with E-state index in [1.54, 1.807) is 39.8 Å². The molecule has 0 spiro atoms. The average Bonchev–Trinajstić information content (AvgIpc) is 3.37. The summed E-state index contributed by atoms with van der Waals surface area (Å²) in [5.74, 6) is 0.473. The van der Waals surface area contributed by atoms with Gasteiger partial charge in [0, 0.05) is 12.7 Å². The number of fused-ring (bicyclic) bond motifs is 2. The van der Waals surface area contributed by atoms with Crippen molar-refractivity contribution in [1.82, 2.24) is 34.4 Å². The van der Waals surface area contributed by atoms with Crippen LogP contribution < -0.4 is 11.0 Å². The van der Waals surface area contributed by atoms with Crippen LogP contribution in [0.1, 0.15) is 18.0 Å². The molecule has 0 unspecified atom stereocenters. The van der Waals surface area contributed by atoms with Gasteiger partial charge in [0.05, 0.1) is 41.1 Å². The summed E-state index contributed by atoms with van der Waals surface area (Å²) in [7, 11) is 0. The minimum absolute atomic E-state index is 0. The molecule has 1 saturated heterocycles. The van der Waals surface area contributed by atoms with Crippen LogP contribution in [-0.2, 0) is 0 Å². The molecule has 0 radical (unpaired) electrons. The van der Waals surface area contributed by atoms with E-state index in [0.717, 1.165) is 25.0 Å². The van der Waals surface area contributed by atoms with Crippen LogP contribution in [0.4, 0.5) is 0 Å². The van der Waals surface area contributed by atoms with Crippen LogP contribution in [0.5, 0.6) is 0 Å². The average molecular weight is 383 g/mol. The molecule has 2 N–H and O–H groups in total. The number of imidazole rings is 1. The second-order valence-corrected chi connectivity index (χ2v) is 6.29. The van der Waals surface area contributed by atoms with Crippen LogP contribution in [-0.4, -0.2) is 42.2 Å². The van der Waals surface area contributed by atoms with Crippen molar-refractivity contribution in [2.45, 2.75) is 12.5 Å². The van der Waals surface area contributed by atoms with E-state index in [-0.39, 0.29) is 24.1 Å². The lowest BCUT2D eigenvalue weighted by atomic mass is 10.2. The quantitative estimate of drug-likeness (QED) is 0.539. The van der Waals surface area contributed by atoms with Crippen LogP contribution in [0.3, 0.4) is 0 Å². The molecule has 10 heteroatoms.